The molecule has 20 heavy (non-hydrogen) atoms. The third-order valence-corrected chi connectivity index (χ3v) is 2.37. The quantitative estimate of drug-likeness (QED) is 0.515. The first-order valence-corrected chi connectivity index (χ1v) is 5.97. The minimum atomic E-state index is -4.54. The van der Waals surface area contributed by atoms with Gasteiger partial charge in [-0.05, 0) is 32.0 Å². The number of halogens is 3. The van der Waals surface area contributed by atoms with E-state index in [9.17, 15) is 18.0 Å². The molecule has 0 heterocycles. The second kappa shape index (κ2) is 6.60. The van der Waals surface area contributed by atoms with Crippen LogP contribution in [-0.2, 0) is 15.7 Å². The predicted molar refractivity (Wildman–Crippen MR) is 67.2 cm³/mol. The maximum absolute atomic E-state index is 12.5. The number of esters is 1. The number of alkyl halides is 3. The first-order chi connectivity index (χ1) is 9.21. The third-order valence-electron chi connectivity index (χ3n) is 2.37. The number of hydrogen-bond acceptors (Lipinski definition) is 4. The Labute approximate surface area is 114 Å². The first-order valence-electron chi connectivity index (χ1n) is 5.97. The third kappa shape index (κ3) is 4.73. The van der Waals surface area contributed by atoms with E-state index in [0.717, 1.165) is 12.1 Å². The number of anilines is 1. The molecular weight excluding hydrogens is 275 g/mol. The van der Waals surface area contributed by atoms with Gasteiger partial charge in [-0.2, -0.15) is 13.2 Å². The smallest absolute Gasteiger partial charge is 0.416 e. The number of ether oxygens (including phenoxy) is 2. The maximum atomic E-state index is 12.5. The van der Waals surface area contributed by atoms with Gasteiger partial charge in [-0.15, -0.1) is 0 Å². The molecule has 0 bridgehead atoms. The van der Waals surface area contributed by atoms with Crippen molar-refractivity contribution in [2.75, 3.05) is 18.9 Å². The summed E-state index contributed by atoms with van der Waals surface area (Å²) in [4.78, 5) is 11.7. The fourth-order valence-electron chi connectivity index (χ4n) is 1.41. The molecule has 0 amide bonds. The van der Waals surface area contributed by atoms with Gasteiger partial charge in [0, 0.05) is 5.69 Å². The van der Waals surface area contributed by atoms with Crippen LogP contribution in [0.15, 0.2) is 18.2 Å². The summed E-state index contributed by atoms with van der Waals surface area (Å²) in [6, 6.07) is 2.53. The number of carbonyl (C=O) groups excluding carboxylic acids is 1. The molecule has 0 saturated carbocycles. The number of benzene rings is 1. The fraction of sp³-hybridized carbons (Fsp3) is 0.462. The molecule has 0 aliphatic carbocycles. The summed E-state index contributed by atoms with van der Waals surface area (Å²) in [7, 11) is 0. The molecule has 0 saturated heterocycles. The maximum Gasteiger partial charge on any atom is 0.416 e. The van der Waals surface area contributed by atoms with Gasteiger partial charge in [0.1, 0.15) is 6.61 Å². The monoisotopic (exact) mass is 291 g/mol. The summed E-state index contributed by atoms with van der Waals surface area (Å²) in [5.41, 5.74) is 4.18. The van der Waals surface area contributed by atoms with Gasteiger partial charge in [0.15, 0.2) is 0 Å². The summed E-state index contributed by atoms with van der Waals surface area (Å²) in [6.07, 6.45) is -4.56. The molecule has 1 aromatic rings. The van der Waals surface area contributed by atoms with E-state index in [1.165, 1.54) is 0 Å². The summed E-state index contributed by atoms with van der Waals surface area (Å²) in [6.45, 7) is 3.74. The lowest BCUT2D eigenvalue weighted by molar-refractivity contribution is -0.137. The first kappa shape index (κ1) is 16.3. The van der Waals surface area contributed by atoms with Gasteiger partial charge in [0.2, 0.25) is 0 Å². The van der Waals surface area contributed by atoms with Crippen LogP contribution in [0.25, 0.3) is 0 Å². The number of carbonyl (C=O) groups is 1. The molecule has 0 atom stereocenters. The van der Waals surface area contributed by atoms with Crippen molar-refractivity contribution in [1.82, 2.24) is 0 Å². The molecular formula is C13H16F3NO3. The van der Waals surface area contributed by atoms with E-state index in [0.29, 0.717) is 6.07 Å². The summed E-state index contributed by atoms with van der Waals surface area (Å²) < 4.78 is 47.6. The zero-order chi connectivity index (χ0) is 15.3. The molecule has 0 aromatic heterocycles. The molecule has 0 radical (unpaired) electrons. The SMILES string of the molecule is CC(C)OCCOC(=O)c1cc(C(F)(F)F)ccc1N. The zero-order valence-electron chi connectivity index (χ0n) is 11.2. The lowest BCUT2D eigenvalue weighted by atomic mass is 10.1. The highest BCUT2D eigenvalue weighted by Gasteiger charge is 2.31. The fourth-order valence-corrected chi connectivity index (χ4v) is 1.41. The largest absolute Gasteiger partial charge is 0.460 e. The van der Waals surface area contributed by atoms with Crippen molar-refractivity contribution in [3.63, 3.8) is 0 Å². The van der Waals surface area contributed by atoms with Crippen molar-refractivity contribution < 1.29 is 27.4 Å². The predicted octanol–water partition coefficient (Wildman–Crippen LogP) is 2.87. The van der Waals surface area contributed by atoms with Crippen molar-refractivity contribution in [2.24, 2.45) is 0 Å². The molecule has 1 rings (SSSR count). The molecule has 112 valence electrons. The summed E-state index contributed by atoms with van der Waals surface area (Å²) >= 11 is 0. The molecule has 1 aromatic carbocycles. The highest BCUT2D eigenvalue weighted by Crippen LogP contribution is 2.31. The number of rotatable bonds is 5. The molecule has 0 unspecified atom stereocenters. The summed E-state index contributed by atoms with van der Waals surface area (Å²) in [5, 5.41) is 0. The topological polar surface area (TPSA) is 61.5 Å². The van der Waals surface area contributed by atoms with E-state index in [2.05, 4.69) is 0 Å². The number of nitrogens with two attached hydrogens (primary N) is 1. The highest BCUT2D eigenvalue weighted by molar-refractivity contribution is 5.95. The van der Waals surface area contributed by atoms with Crippen molar-refractivity contribution in [3.05, 3.63) is 29.3 Å². The second-order valence-corrected chi connectivity index (χ2v) is 4.36. The summed E-state index contributed by atoms with van der Waals surface area (Å²) in [5.74, 6) is -0.902. The van der Waals surface area contributed by atoms with Crippen LogP contribution in [-0.4, -0.2) is 25.3 Å². The van der Waals surface area contributed by atoms with Crippen LogP contribution in [0.3, 0.4) is 0 Å². The van der Waals surface area contributed by atoms with Gasteiger partial charge in [-0.25, -0.2) is 4.79 Å². The Balaban J connectivity index is 2.72. The van der Waals surface area contributed by atoms with E-state index < -0.39 is 17.7 Å². The van der Waals surface area contributed by atoms with Crippen LogP contribution in [0.5, 0.6) is 0 Å². The normalized spacial score (nSPS) is 11.7. The van der Waals surface area contributed by atoms with E-state index in [1.54, 1.807) is 0 Å². The van der Waals surface area contributed by atoms with Crippen molar-refractivity contribution in [3.8, 4) is 0 Å². The van der Waals surface area contributed by atoms with E-state index in [4.69, 9.17) is 15.2 Å². The molecule has 4 nitrogen and oxygen atoms in total. The molecule has 0 spiro atoms. The Bertz CT molecular complexity index is 472. The van der Waals surface area contributed by atoms with Crippen molar-refractivity contribution >= 4 is 11.7 Å². The van der Waals surface area contributed by atoms with Crippen LogP contribution >= 0.6 is 0 Å². The Hall–Kier alpha value is -1.76. The number of nitrogen functional groups attached to an aromatic ring is 1. The van der Waals surface area contributed by atoms with Gasteiger partial charge in [0.25, 0.3) is 0 Å². The van der Waals surface area contributed by atoms with Crippen LogP contribution in [0.4, 0.5) is 18.9 Å². The Kier molecular flexibility index (Phi) is 5.38. The Morgan fingerprint density at radius 2 is 1.95 bits per heavy atom. The van der Waals surface area contributed by atoms with Gasteiger partial charge >= 0.3 is 12.1 Å². The van der Waals surface area contributed by atoms with E-state index >= 15 is 0 Å². The Morgan fingerprint density at radius 3 is 2.50 bits per heavy atom. The second-order valence-electron chi connectivity index (χ2n) is 4.36. The van der Waals surface area contributed by atoms with Gasteiger partial charge in [-0.3, -0.25) is 0 Å². The van der Waals surface area contributed by atoms with Crippen LogP contribution in [0, 0.1) is 0 Å². The average molecular weight is 291 g/mol. The van der Waals surface area contributed by atoms with Crippen LogP contribution in [0.1, 0.15) is 29.8 Å². The standard InChI is InChI=1S/C13H16F3NO3/c1-8(2)19-5-6-20-12(18)10-7-9(13(14,15)16)3-4-11(10)17/h3-4,7-8H,5-6,17H2,1-2H3. The van der Waals surface area contributed by atoms with Crippen molar-refractivity contribution in [2.45, 2.75) is 26.1 Å². The minimum absolute atomic E-state index is 0.0210. The van der Waals surface area contributed by atoms with Crippen LogP contribution < -0.4 is 5.73 Å². The number of hydrogen-bond donors (Lipinski definition) is 1. The lowest BCUT2D eigenvalue weighted by Gasteiger charge is -2.12. The van der Waals surface area contributed by atoms with Gasteiger partial charge in [-0.1, -0.05) is 0 Å². The van der Waals surface area contributed by atoms with E-state index in [-0.39, 0.29) is 30.6 Å². The van der Waals surface area contributed by atoms with Gasteiger partial charge in [0.05, 0.1) is 23.8 Å². The molecule has 7 heteroatoms. The van der Waals surface area contributed by atoms with Gasteiger partial charge < -0.3 is 15.2 Å². The lowest BCUT2D eigenvalue weighted by Crippen LogP contribution is -2.16. The van der Waals surface area contributed by atoms with E-state index in [1.807, 2.05) is 13.8 Å². The van der Waals surface area contributed by atoms with Crippen molar-refractivity contribution in [1.29, 1.82) is 0 Å². The molecule has 0 aliphatic rings. The molecule has 0 aliphatic heterocycles. The zero-order valence-corrected chi connectivity index (χ0v) is 11.2. The minimum Gasteiger partial charge on any atom is -0.460 e. The average Bonchev–Trinajstić information content (AvgIpc) is 2.33. The Morgan fingerprint density at radius 1 is 1.30 bits per heavy atom. The molecule has 0 fully saturated rings. The van der Waals surface area contributed by atoms with Crippen LogP contribution in [0.2, 0.25) is 0 Å². The molecule has 2 N–H and O–H groups in total. The highest BCUT2D eigenvalue weighted by atomic mass is 19.4.